The molecule has 0 radical (unpaired) electrons. The molecule has 22 heavy (non-hydrogen) atoms. The van der Waals surface area contributed by atoms with Gasteiger partial charge in [-0.1, -0.05) is 25.4 Å². The van der Waals surface area contributed by atoms with Crippen LogP contribution in [0.3, 0.4) is 0 Å². The highest BCUT2D eigenvalue weighted by Gasteiger charge is 2.15. The van der Waals surface area contributed by atoms with E-state index in [9.17, 15) is 4.79 Å². The Hall–Kier alpha value is -2.20. The molecule has 0 saturated carbocycles. The molecule has 3 rings (SSSR count). The second-order valence-corrected chi connectivity index (χ2v) is 5.97. The zero-order valence-electron chi connectivity index (χ0n) is 12.2. The van der Waals surface area contributed by atoms with Crippen molar-refractivity contribution in [3.8, 4) is 0 Å². The van der Waals surface area contributed by atoms with Gasteiger partial charge in [0.15, 0.2) is 0 Å². The van der Waals surface area contributed by atoms with E-state index in [2.05, 4.69) is 13.8 Å². The average Bonchev–Trinajstić information content (AvgIpc) is 3.04. The summed E-state index contributed by atoms with van der Waals surface area (Å²) in [4.78, 5) is 10.9. The van der Waals surface area contributed by atoms with Gasteiger partial charge in [-0.3, -0.25) is 0 Å². The van der Waals surface area contributed by atoms with E-state index < -0.39 is 5.97 Å². The fourth-order valence-corrected chi connectivity index (χ4v) is 2.65. The Morgan fingerprint density at radius 3 is 2.64 bits per heavy atom. The minimum absolute atomic E-state index is 0.0735. The lowest BCUT2D eigenvalue weighted by Crippen LogP contribution is -1.92. The first kappa shape index (κ1) is 14.7. The molecule has 0 aliphatic carbocycles. The summed E-state index contributed by atoms with van der Waals surface area (Å²) in [7, 11) is 0. The maximum absolute atomic E-state index is 10.9. The van der Waals surface area contributed by atoms with Crippen LogP contribution in [0.25, 0.3) is 11.0 Å². The lowest BCUT2D eigenvalue weighted by atomic mass is 10.1. The molecule has 1 aromatic carbocycles. The molecule has 0 aliphatic rings. The van der Waals surface area contributed by atoms with Gasteiger partial charge in [-0.05, 0) is 30.3 Å². The summed E-state index contributed by atoms with van der Waals surface area (Å²) >= 11 is 6.17. The Morgan fingerprint density at radius 2 is 2.00 bits per heavy atom. The molecule has 0 aliphatic heterocycles. The summed E-state index contributed by atoms with van der Waals surface area (Å²) < 4.78 is 11.2. The Balaban J connectivity index is 2.03. The van der Waals surface area contributed by atoms with E-state index in [0.717, 1.165) is 22.3 Å². The van der Waals surface area contributed by atoms with Gasteiger partial charge in [-0.15, -0.1) is 0 Å². The largest absolute Gasteiger partial charge is 0.475 e. The van der Waals surface area contributed by atoms with Crippen molar-refractivity contribution in [2.75, 3.05) is 0 Å². The van der Waals surface area contributed by atoms with Gasteiger partial charge in [0.1, 0.15) is 17.1 Å². The van der Waals surface area contributed by atoms with Gasteiger partial charge in [-0.2, -0.15) is 0 Å². The molecule has 4 nitrogen and oxygen atoms in total. The molecule has 3 aromatic rings. The second kappa shape index (κ2) is 5.54. The first-order valence-electron chi connectivity index (χ1n) is 6.98. The number of carboxylic acids is 1. The highest BCUT2D eigenvalue weighted by molar-refractivity contribution is 6.31. The lowest BCUT2D eigenvalue weighted by Gasteiger charge is -2.02. The van der Waals surface area contributed by atoms with Crippen LogP contribution in [0.2, 0.25) is 5.02 Å². The fraction of sp³-hybridized carbons (Fsp3) is 0.235. The number of carboxylic acid groups (broad SMARTS) is 1. The fourth-order valence-electron chi connectivity index (χ4n) is 2.40. The van der Waals surface area contributed by atoms with E-state index in [1.807, 2.05) is 18.2 Å². The lowest BCUT2D eigenvalue weighted by molar-refractivity contribution is 0.0660. The number of benzene rings is 1. The second-order valence-electron chi connectivity index (χ2n) is 5.53. The van der Waals surface area contributed by atoms with Gasteiger partial charge >= 0.3 is 5.97 Å². The van der Waals surface area contributed by atoms with Crippen LogP contribution in [0.5, 0.6) is 0 Å². The van der Waals surface area contributed by atoms with Crippen LogP contribution in [-0.4, -0.2) is 11.1 Å². The monoisotopic (exact) mass is 318 g/mol. The van der Waals surface area contributed by atoms with Crippen molar-refractivity contribution in [2.45, 2.75) is 26.2 Å². The van der Waals surface area contributed by atoms with Gasteiger partial charge in [0.25, 0.3) is 0 Å². The highest BCUT2D eigenvalue weighted by atomic mass is 35.5. The van der Waals surface area contributed by atoms with E-state index in [-0.39, 0.29) is 11.7 Å². The maximum atomic E-state index is 10.9. The average molecular weight is 319 g/mol. The van der Waals surface area contributed by atoms with Crippen LogP contribution < -0.4 is 0 Å². The predicted molar refractivity (Wildman–Crippen MR) is 83.8 cm³/mol. The number of halogens is 1. The first-order chi connectivity index (χ1) is 10.4. The molecule has 0 atom stereocenters. The number of furan rings is 2. The number of carbonyl (C=O) groups is 1. The third kappa shape index (κ3) is 2.74. The van der Waals surface area contributed by atoms with Crippen LogP contribution >= 0.6 is 11.6 Å². The number of aromatic carboxylic acids is 1. The Kier molecular flexibility index (Phi) is 3.71. The van der Waals surface area contributed by atoms with E-state index >= 15 is 0 Å². The Bertz CT molecular complexity index is 842. The minimum atomic E-state index is -1.08. The summed E-state index contributed by atoms with van der Waals surface area (Å²) in [6.07, 6.45) is 0.426. The van der Waals surface area contributed by atoms with Gasteiger partial charge in [0.2, 0.25) is 5.76 Å². The molecule has 0 bridgehead atoms. The van der Waals surface area contributed by atoms with Crippen molar-refractivity contribution in [2.24, 2.45) is 0 Å². The smallest absolute Gasteiger partial charge is 0.371 e. The number of hydrogen-bond acceptors (Lipinski definition) is 3. The normalized spacial score (nSPS) is 11.5. The zero-order valence-corrected chi connectivity index (χ0v) is 13.0. The van der Waals surface area contributed by atoms with Crippen LogP contribution in [0.1, 0.15) is 47.4 Å². The number of hydrogen-bond donors (Lipinski definition) is 1. The molecule has 0 unspecified atom stereocenters. The summed E-state index contributed by atoms with van der Waals surface area (Å²) in [6, 6.07) is 8.77. The van der Waals surface area contributed by atoms with Crippen LogP contribution in [0, 0.1) is 0 Å². The molecule has 2 heterocycles. The maximum Gasteiger partial charge on any atom is 0.371 e. The summed E-state index contributed by atoms with van der Waals surface area (Å²) in [6.45, 7) is 4.12. The molecule has 2 aromatic heterocycles. The molecular formula is C17H15ClO4. The van der Waals surface area contributed by atoms with Crippen LogP contribution in [0.4, 0.5) is 0 Å². The molecule has 0 saturated heterocycles. The molecule has 0 amide bonds. The Morgan fingerprint density at radius 1 is 1.23 bits per heavy atom. The zero-order chi connectivity index (χ0) is 15.9. The molecule has 0 spiro atoms. The van der Waals surface area contributed by atoms with E-state index in [1.54, 1.807) is 6.07 Å². The summed E-state index contributed by atoms with van der Waals surface area (Å²) in [5, 5.41) is 10.5. The van der Waals surface area contributed by atoms with Crippen molar-refractivity contribution in [3.63, 3.8) is 0 Å². The molecule has 5 heteroatoms. The minimum Gasteiger partial charge on any atom is -0.475 e. The van der Waals surface area contributed by atoms with E-state index in [0.29, 0.717) is 17.2 Å². The van der Waals surface area contributed by atoms with E-state index in [4.69, 9.17) is 25.5 Å². The van der Waals surface area contributed by atoms with Crippen LogP contribution in [0.15, 0.2) is 39.2 Å². The Labute approximate surface area is 132 Å². The van der Waals surface area contributed by atoms with Crippen molar-refractivity contribution < 1.29 is 18.7 Å². The van der Waals surface area contributed by atoms with Crippen molar-refractivity contribution in [3.05, 3.63) is 58.2 Å². The van der Waals surface area contributed by atoms with Crippen LogP contribution in [-0.2, 0) is 6.42 Å². The topological polar surface area (TPSA) is 63.6 Å². The van der Waals surface area contributed by atoms with Crippen molar-refractivity contribution in [1.82, 2.24) is 0 Å². The SMILES string of the molecule is CC(C)c1cc2cc(Cl)cc(Cc3ccc(C(=O)O)o3)c2o1. The molecule has 1 N–H and O–H groups in total. The van der Waals surface area contributed by atoms with Gasteiger partial charge in [0.05, 0.1) is 0 Å². The van der Waals surface area contributed by atoms with Gasteiger partial charge in [-0.25, -0.2) is 4.79 Å². The predicted octanol–water partition coefficient (Wildman–Crippen LogP) is 5.09. The standard InChI is InChI=1S/C17H15ClO4/c1-9(2)15-8-11-6-12(18)5-10(16(11)22-15)7-13-3-4-14(21-13)17(19)20/h3-6,8-9H,7H2,1-2H3,(H,19,20). The summed E-state index contributed by atoms with van der Waals surface area (Å²) in [5.74, 6) is 0.576. The molecule has 114 valence electrons. The quantitative estimate of drug-likeness (QED) is 0.727. The highest BCUT2D eigenvalue weighted by Crippen LogP contribution is 2.31. The number of fused-ring (bicyclic) bond motifs is 1. The number of rotatable bonds is 4. The van der Waals surface area contributed by atoms with Gasteiger partial charge in [0, 0.05) is 28.3 Å². The van der Waals surface area contributed by atoms with Gasteiger partial charge < -0.3 is 13.9 Å². The molecular weight excluding hydrogens is 304 g/mol. The third-order valence-electron chi connectivity index (χ3n) is 3.48. The third-order valence-corrected chi connectivity index (χ3v) is 3.70. The molecule has 0 fully saturated rings. The first-order valence-corrected chi connectivity index (χ1v) is 7.35. The van der Waals surface area contributed by atoms with E-state index in [1.165, 1.54) is 6.07 Å². The van der Waals surface area contributed by atoms with Crippen molar-refractivity contribution >= 4 is 28.5 Å². The van der Waals surface area contributed by atoms with Crippen molar-refractivity contribution in [1.29, 1.82) is 0 Å². The summed E-state index contributed by atoms with van der Waals surface area (Å²) in [5.41, 5.74) is 1.64.